The van der Waals surface area contributed by atoms with Crippen molar-refractivity contribution < 1.29 is 9.90 Å². The zero-order valence-corrected chi connectivity index (χ0v) is 13.1. The van der Waals surface area contributed by atoms with Crippen LogP contribution >= 0.6 is 34.5 Å². The molecule has 2 rings (SSSR count). The number of aliphatic carboxylic acids is 1. The van der Waals surface area contributed by atoms with E-state index in [9.17, 15) is 9.90 Å². The van der Waals surface area contributed by atoms with Gasteiger partial charge >= 0.3 is 5.97 Å². The van der Waals surface area contributed by atoms with Gasteiger partial charge in [0.1, 0.15) is 6.04 Å². The van der Waals surface area contributed by atoms with E-state index in [1.54, 1.807) is 0 Å². The normalized spacial score (nSPS) is 23.0. The Labute approximate surface area is 127 Å². The molecule has 1 aliphatic rings. The average Bonchev–Trinajstić information content (AvgIpc) is 2.57. The van der Waals surface area contributed by atoms with Crippen LogP contribution in [0.15, 0.2) is 6.07 Å². The summed E-state index contributed by atoms with van der Waals surface area (Å²) in [5.41, 5.74) is 0.935. The van der Waals surface area contributed by atoms with E-state index >= 15 is 0 Å². The van der Waals surface area contributed by atoms with Crippen LogP contribution in [0.5, 0.6) is 0 Å². The van der Waals surface area contributed by atoms with Gasteiger partial charge in [0.25, 0.3) is 0 Å². The molecule has 1 aromatic heterocycles. The lowest BCUT2D eigenvalue weighted by molar-refractivity contribution is -0.144. The fourth-order valence-corrected chi connectivity index (χ4v) is 4.31. The maximum absolute atomic E-state index is 11.4. The van der Waals surface area contributed by atoms with E-state index in [-0.39, 0.29) is 6.04 Å². The van der Waals surface area contributed by atoms with E-state index in [1.807, 2.05) is 17.9 Å². The maximum atomic E-state index is 11.4. The van der Waals surface area contributed by atoms with Crippen molar-refractivity contribution in [3.8, 4) is 0 Å². The minimum absolute atomic E-state index is 0.0181. The Morgan fingerprint density at radius 3 is 2.79 bits per heavy atom. The number of carboxylic acid groups (broad SMARTS) is 1. The highest BCUT2D eigenvalue weighted by atomic mass is 35.5. The van der Waals surface area contributed by atoms with Gasteiger partial charge < -0.3 is 5.11 Å². The van der Waals surface area contributed by atoms with Gasteiger partial charge in [-0.2, -0.15) is 0 Å². The number of nitrogens with zero attached hydrogens (tertiary/aromatic N) is 1. The zero-order chi connectivity index (χ0) is 14.0. The lowest BCUT2D eigenvalue weighted by Crippen LogP contribution is -2.42. The quantitative estimate of drug-likeness (QED) is 0.894. The summed E-state index contributed by atoms with van der Waals surface area (Å²) in [7, 11) is 0. The molecule has 0 spiro atoms. The minimum atomic E-state index is -0.744. The highest BCUT2D eigenvalue weighted by molar-refractivity contribution is 7.20. The molecule has 1 fully saturated rings. The zero-order valence-electron chi connectivity index (χ0n) is 10.7. The van der Waals surface area contributed by atoms with Crippen LogP contribution in [0.4, 0.5) is 0 Å². The standard InChI is InChI=1S/C13H17Cl2NO2S/c1-8(9-7-11(14)19-12(9)15)16-6-4-2-3-5-10(16)13(17)18/h7-8,10H,2-6H2,1H3,(H,17,18). The fourth-order valence-electron chi connectivity index (χ4n) is 2.68. The molecular weight excluding hydrogens is 305 g/mol. The molecule has 0 saturated carbocycles. The van der Waals surface area contributed by atoms with Crippen molar-refractivity contribution in [2.24, 2.45) is 0 Å². The van der Waals surface area contributed by atoms with Crippen LogP contribution in [0.1, 0.15) is 44.2 Å². The Morgan fingerprint density at radius 1 is 1.47 bits per heavy atom. The topological polar surface area (TPSA) is 40.5 Å². The number of hydrogen-bond acceptors (Lipinski definition) is 3. The lowest BCUT2D eigenvalue weighted by Gasteiger charge is -2.32. The molecule has 2 unspecified atom stereocenters. The molecule has 3 nitrogen and oxygen atoms in total. The molecular formula is C13H17Cl2NO2S. The van der Waals surface area contributed by atoms with E-state index in [1.165, 1.54) is 11.3 Å². The van der Waals surface area contributed by atoms with Gasteiger partial charge in [0.05, 0.1) is 8.67 Å². The maximum Gasteiger partial charge on any atom is 0.320 e. The first kappa shape index (κ1) is 15.1. The molecule has 6 heteroatoms. The van der Waals surface area contributed by atoms with Crippen LogP contribution in [0.25, 0.3) is 0 Å². The third-order valence-electron chi connectivity index (χ3n) is 3.71. The first-order valence-electron chi connectivity index (χ1n) is 6.44. The molecule has 1 N–H and O–H groups in total. The molecule has 0 aliphatic carbocycles. The molecule has 1 aromatic rings. The van der Waals surface area contributed by atoms with Crippen LogP contribution < -0.4 is 0 Å². The number of likely N-dealkylation sites (tertiary alicyclic amines) is 1. The molecule has 1 aliphatic heterocycles. The van der Waals surface area contributed by atoms with Gasteiger partial charge in [-0.1, -0.05) is 36.0 Å². The molecule has 1 saturated heterocycles. The average molecular weight is 322 g/mol. The Kier molecular flexibility index (Phi) is 5.12. The van der Waals surface area contributed by atoms with Crippen molar-refractivity contribution >= 4 is 40.5 Å². The number of halogens is 2. The third-order valence-corrected chi connectivity index (χ3v) is 5.23. The second-order valence-corrected chi connectivity index (χ2v) is 7.18. The summed E-state index contributed by atoms with van der Waals surface area (Å²) in [6, 6.07) is 1.41. The predicted octanol–water partition coefficient (Wildman–Crippen LogP) is 4.45. The Balaban J connectivity index is 2.25. The molecule has 0 amide bonds. The van der Waals surface area contributed by atoms with Crippen LogP contribution in [0.2, 0.25) is 8.67 Å². The van der Waals surface area contributed by atoms with E-state index in [0.717, 1.165) is 31.4 Å². The number of rotatable bonds is 3. The van der Waals surface area contributed by atoms with Gasteiger partial charge in [0, 0.05) is 11.6 Å². The van der Waals surface area contributed by atoms with Gasteiger partial charge in [-0.15, -0.1) is 11.3 Å². The molecule has 0 radical (unpaired) electrons. The van der Waals surface area contributed by atoms with Gasteiger partial charge in [0.2, 0.25) is 0 Å². The molecule has 2 heterocycles. The summed E-state index contributed by atoms with van der Waals surface area (Å²) in [5.74, 6) is -0.744. The van der Waals surface area contributed by atoms with Crippen molar-refractivity contribution in [2.45, 2.75) is 44.7 Å². The van der Waals surface area contributed by atoms with Gasteiger partial charge in [0.15, 0.2) is 0 Å². The monoisotopic (exact) mass is 321 g/mol. The summed E-state index contributed by atoms with van der Waals surface area (Å²) in [6.07, 6.45) is 3.79. The van der Waals surface area contributed by atoms with Gasteiger partial charge in [-0.25, -0.2) is 0 Å². The molecule has 0 aromatic carbocycles. The van der Waals surface area contributed by atoms with E-state index in [4.69, 9.17) is 23.2 Å². The SMILES string of the molecule is CC(c1cc(Cl)sc1Cl)N1CCCCCC1C(=O)O. The molecule has 106 valence electrons. The summed E-state index contributed by atoms with van der Waals surface area (Å²) in [4.78, 5) is 13.5. The second kappa shape index (κ2) is 6.44. The third kappa shape index (κ3) is 3.43. The summed E-state index contributed by atoms with van der Waals surface area (Å²) < 4.78 is 1.31. The number of thiophene rings is 1. The molecule has 2 atom stereocenters. The van der Waals surface area contributed by atoms with Crippen LogP contribution in [-0.4, -0.2) is 28.6 Å². The summed E-state index contributed by atoms with van der Waals surface area (Å²) in [6.45, 7) is 2.80. The van der Waals surface area contributed by atoms with Gasteiger partial charge in [-0.05, 0) is 32.4 Å². The largest absolute Gasteiger partial charge is 0.480 e. The van der Waals surface area contributed by atoms with Crippen LogP contribution in [0.3, 0.4) is 0 Å². The van der Waals surface area contributed by atoms with E-state index < -0.39 is 12.0 Å². The Hall–Kier alpha value is -0.290. The number of carboxylic acids is 1. The van der Waals surface area contributed by atoms with Crippen molar-refractivity contribution in [1.82, 2.24) is 4.90 Å². The smallest absolute Gasteiger partial charge is 0.320 e. The lowest BCUT2D eigenvalue weighted by atomic mass is 10.1. The van der Waals surface area contributed by atoms with Crippen LogP contribution in [-0.2, 0) is 4.79 Å². The molecule has 0 bridgehead atoms. The predicted molar refractivity (Wildman–Crippen MR) is 79.4 cm³/mol. The highest BCUT2D eigenvalue weighted by Crippen LogP contribution is 2.38. The van der Waals surface area contributed by atoms with E-state index in [0.29, 0.717) is 15.1 Å². The van der Waals surface area contributed by atoms with Gasteiger partial charge in [-0.3, -0.25) is 9.69 Å². The van der Waals surface area contributed by atoms with Crippen molar-refractivity contribution in [3.05, 3.63) is 20.3 Å². The summed E-state index contributed by atoms with van der Waals surface area (Å²) in [5, 5.41) is 9.41. The van der Waals surface area contributed by atoms with Crippen molar-refractivity contribution in [3.63, 3.8) is 0 Å². The first-order valence-corrected chi connectivity index (χ1v) is 8.01. The molecule has 19 heavy (non-hydrogen) atoms. The first-order chi connectivity index (χ1) is 9.00. The van der Waals surface area contributed by atoms with Crippen molar-refractivity contribution in [1.29, 1.82) is 0 Å². The number of hydrogen-bond donors (Lipinski definition) is 1. The Bertz CT molecular complexity index is 463. The Morgan fingerprint density at radius 2 is 2.21 bits per heavy atom. The van der Waals surface area contributed by atoms with Crippen molar-refractivity contribution in [2.75, 3.05) is 6.54 Å². The van der Waals surface area contributed by atoms with Crippen LogP contribution in [0, 0.1) is 0 Å². The number of carbonyl (C=O) groups is 1. The second-order valence-electron chi connectivity index (χ2n) is 4.90. The highest BCUT2D eigenvalue weighted by Gasteiger charge is 2.32. The minimum Gasteiger partial charge on any atom is -0.480 e. The van der Waals surface area contributed by atoms with E-state index in [2.05, 4.69) is 0 Å². The fraction of sp³-hybridized carbons (Fsp3) is 0.615. The summed E-state index contributed by atoms with van der Waals surface area (Å²) >= 11 is 13.5.